The van der Waals surface area contributed by atoms with Crippen molar-refractivity contribution in [2.45, 2.75) is 27.9 Å². The van der Waals surface area contributed by atoms with Crippen LogP contribution in [-0.2, 0) is 21.7 Å². The van der Waals surface area contributed by atoms with Gasteiger partial charge in [0, 0.05) is 29.6 Å². The van der Waals surface area contributed by atoms with Crippen LogP contribution in [0.5, 0.6) is 0 Å². The Morgan fingerprint density at radius 1 is 1.36 bits per heavy atom. The predicted molar refractivity (Wildman–Crippen MR) is 81.2 cm³/mol. The normalized spacial score (nSPS) is 18.7. The second kappa shape index (κ2) is 5.31. The predicted octanol–water partition coefficient (Wildman–Crippen LogP) is 3.35. The molecule has 1 fully saturated rings. The third-order valence-corrected chi connectivity index (χ3v) is 5.81. The lowest BCUT2D eigenvalue weighted by Gasteiger charge is -2.23. The van der Waals surface area contributed by atoms with E-state index in [1.54, 1.807) is 12.3 Å². The zero-order chi connectivity index (χ0) is 15.2. The lowest BCUT2D eigenvalue weighted by molar-refractivity contribution is -0.387. The Morgan fingerprint density at radius 3 is 2.86 bits per heavy atom. The SMILES string of the molecule is O=[N+]([O-])c1cc2c(cc1Sc1nccs1)C1(CC2)OCCO1. The number of hydrogen-bond donors (Lipinski definition) is 0. The number of fused-ring (bicyclic) bond motifs is 2. The Hall–Kier alpha value is -1.48. The molecule has 1 aliphatic heterocycles. The van der Waals surface area contributed by atoms with Gasteiger partial charge < -0.3 is 9.47 Å². The first kappa shape index (κ1) is 14.1. The maximum Gasteiger partial charge on any atom is 0.283 e. The molecule has 2 aromatic rings. The summed E-state index contributed by atoms with van der Waals surface area (Å²) in [5.41, 5.74) is 1.99. The van der Waals surface area contributed by atoms with E-state index in [0.717, 1.165) is 21.9 Å². The Kier molecular flexibility index (Phi) is 3.41. The molecule has 2 aliphatic rings. The standard InChI is InChI=1S/C14H12N2O4S2/c17-16(18)11-7-9-1-2-14(19-4-5-20-14)10(9)8-12(11)22-13-15-3-6-21-13/h3,6-8H,1-2,4-5H2. The van der Waals surface area contributed by atoms with Gasteiger partial charge >= 0.3 is 0 Å². The minimum Gasteiger partial charge on any atom is -0.343 e. The maximum atomic E-state index is 11.4. The molecular formula is C14H12N2O4S2. The maximum absolute atomic E-state index is 11.4. The van der Waals surface area contributed by atoms with Crippen LogP contribution in [0.15, 0.2) is 32.9 Å². The highest BCUT2D eigenvalue weighted by molar-refractivity contribution is 8.01. The molecule has 1 aliphatic carbocycles. The molecule has 0 radical (unpaired) electrons. The van der Waals surface area contributed by atoms with Gasteiger partial charge in [0.05, 0.1) is 23.0 Å². The molecule has 6 nitrogen and oxygen atoms in total. The van der Waals surface area contributed by atoms with Gasteiger partial charge in [-0.25, -0.2) is 4.98 Å². The van der Waals surface area contributed by atoms with Gasteiger partial charge in [-0.05, 0) is 18.1 Å². The second-order valence-electron chi connectivity index (χ2n) is 5.08. The molecule has 8 heteroatoms. The van der Waals surface area contributed by atoms with E-state index in [9.17, 15) is 10.1 Å². The molecule has 1 aromatic carbocycles. The van der Waals surface area contributed by atoms with Gasteiger partial charge in [-0.15, -0.1) is 11.3 Å². The summed E-state index contributed by atoms with van der Waals surface area (Å²) in [6.07, 6.45) is 3.14. The average Bonchev–Trinajstić information content (AvgIpc) is 3.23. The smallest absolute Gasteiger partial charge is 0.283 e. The van der Waals surface area contributed by atoms with Crippen molar-refractivity contribution in [1.82, 2.24) is 4.98 Å². The summed E-state index contributed by atoms with van der Waals surface area (Å²) in [5.74, 6) is -0.706. The van der Waals surface area contributed by atoms with Crippen LogP contribution in [0.4, 0.5) is 5.69 Å². The van der Waals surface area contributed by atoms with Crippen LogP contribution in [0.2, 0.25) is 0 Å². The fraction of sp³-hybridized carbons (Fsp3) is 0.357. The minimum atomic E-state index is -0.706. The van der Waals surface area contributed by atoms with Crippen LogP contribution in [0.3, 0.4) is 0 Å². The van der Waals surface area contributed by atoms with Crippen LogP contribution in [0.25, 0.3) is 0 Å². The molecule has 114 valence electrons. The van der Waals surface area contributed by atoms with E-state index in [1.807, 2.05) is 11.4 Å². The fourth-order valence-electron chi connectivity index (χ4n) is 2.94. The number of aromatic nitrogens is 1. The molecule has 22 heavy (non-hydrogen) atoms. The van der Waals surface area contributed by atoms with Crippen LogP contribution in [-0.4, -0.2) is 23.1 Å². The molecule has 0 amide bonds. The Labute approximate surface area is 134 Å². The van der Waals surface area contributed by atoms with E-state index in [-0.39, 0.29) is 10.6 Å². The molecule has 0 saturated carbocycles. The number of aryl methyl sites for hydroxylation is 1. The monoisotopic (exact) mass is 336 g/mol. The van der Waals surface area contributed by atoms with Gasteiger partial charge in [0.2, 0.25) is 0 Å². The Bertz CT molecular complexity index is 727. The van der Waals surface area contributed by atoms with E-state index < -0.39 is 5.79 Å². The van der Waals surface area contributed by atoms with Gasteiger partial charge in [-0.1, -0.05) is 11.8 Å². The number of rotatable bonds is 3. The third-order valence-electron chi connectivity index (χ3n) is 3.88. The summed E-state index contributed by atoms with van der Waals surface area (Å²) in [4.78, 5) is 15.8. The summed E-state index contributed by atoms with van der Waals surface area (Å²) in [6.45, 7) is 1.12. The number of nitrogens with zero attached hydrogens (tertiary/aromatic N) is 2. The number of nitro benzene ring substituents is 1. The van der Waals surface area contributed by atoms with Crippen LogP contribution in [0.1, 0.15) is 17.5 Å². The largest absolute Gasteiger partial charge is 0.343 e. The zero-order valence-electron chi connectivity index (χ0n) is 11.5. The molecule has 0 bridgehead atoms. The summed E-state index contributed by atoms with van der Waals surface area (Å²) in [5, 5.41) is 13.2. The highest BCUT2D eigenvalue weighted by Crippen LogP contribution is 2.48. The molecule has 4 rings (SSSR count). The fourth-order valence-corrected chi connectivity index (χ4v) is 4.65. The molecular weight excluding hydrogens is 324 g/mol. The lowest BCUT2D eigenvalue weighted by atomic mass is 10.1. The number of nitro groups is 1. The first-order valence-corrected chi connectivity index (χ1v) is 8.55. The lowest BCUT2D eigenvalue weighted by Crippen LogP contribution is -2.23. The average molecular weight is 336 g/mol. The van der Waals surface area contributed by atoms with Crippen LogP contribution >= 0.6 is 23.1 Å². The van der Waals surface area contributed by atoms with Gasteiger partial charge in [0.1, 0.15) is 0 Å². The van der Waals surface area contributed by atoms with E-state index in [0.29, 0.717) is 24.5 Å². The highest BCUT2D eigenvalue weighted by Gasteiger charge is 2.45. The van der Waals surface area contributed by atoms with Gasteiger partial charge in [0.25, 0.3) is 5.69 Å². The van der Waals surface area contributed by atoms with E-state index in [2.05, 4.69) is 4.98 Å². The van der Waals surface area contributed by atoms with Crippen molar-refractivity contribution in [2.75, 3.05) is 13.2 Å². The Balaban J connectivity index is 1.80. The number of ether oxygens (including phenoxy) is 2. The highest BCUT2D eigenvalue weighted by atomic mass is 32.2. The topological polar surface area (TPSA) is 74.5 Å². The van der Waals surface area contributed by atoms with Gasteiger partial charge in [-0.3, -0.25) is 10.1 Å². The van der Waals surface area contributed by atoms with Crippen molar-refractivity contribution in [3.05, 3.63) is 45.0 Å². The molecule has 1 saturated heterocycles. The first-order chi connectivity index (χ1) is 10.7. The molecule has 0 N–H and O–H groups in total. The third kappa shape index (κ3) is 2.23. The number of hydrogen-bond acceptors (Lipinski definition) is 7. The summed E-state index contributed by atoms with van der Waals surface area (Å²) < 4.78 is 12.4. The van der Waals surface area contributed by atoms with Gasteiger partial charge in [0.15, 0.2) is 10.1 Å². The van der Waals surface area contributed by atoms with E-state index >= 15 is 0 Å². The molecule has 0 atom stereocenters. The molecule has 1 aromatic heterocycles. The second-order valence-corrected chi connectivity index (χ2v) is 7.27. The number of benzene rings is 1. The van der Waals surface area contributed by atoms with Crippen molar-refractivity contribution in [3.63, 3.8) is 0 Å². The molecule has 2 heterocycles. The van der Waals surface area contributed by atoms with Crippen molar-refractivity contribution < 1.29 is 14.4 Å². The summed E-state index contributed by atoms with van der Waals surface area (Å²) in [7, 11) is 0. The minimum absolute atomic E-state index is 0.119. The number of thiazole rings is 1. The van der Waals surface area contributed by atoms with Crippen molar-refractivity contribution in [3.8, 4) is 0 Å². The first-order valence-electron chi connectivity index (χ1n) is 6.85. The van der Waals surface area contributed by atoms with Crippen molar-refractivity contribution >= 4 is 28.8 Å². The van der Waals surface area contributed by atoms with Gasteiger partial charge in [-0.2, -0.15) is 0 Å². The van der Waals surface area contributed by atoms with Crippen molar-refractivity contribution in [2.24, 2.45) is 0 Å². The summed E-state index contributed by atoms with van der Waals surface area (Å²) in [6, 6.07) is 3.50. The summed E-state index contributed by atoms with van der Waals surface area (Å²) >= 11 is 2.77. The molecule has 1 spiro atoms. The molecule has 0 unspecified atom stereocenters. The van der Waals surface area contributed by atoms with Crippen LogP contribution < -0.4 is 0 Å². The van der Waals surface area contributed by atoms with E-state index in [4.69, 9.17) is 9.47 Å². The quantitative estimate of drug-likeness (QED) is 0.632. The zero-order valence-corrected chi connectivity index (χ0v) is 13.1. The van der Waals surface area contributed by atoms with Crippen LogP contribution in [0, 0.1) is 10.1 Å². The van der Waals surface area contributed by atoms with Crippen molar-refractivity contribution in [1.29, 1.82) is 0 Å². The van der Waals surface area contributed by atoms with E-state index in [1.165, 1.54) is 23.1 Å². The Morgan fingerprint density at radius 2 is 2.18 bits per heavy atom.